The van der Waals surface area contributed by atoms with Crippen LogP contribution in [0.15, 0.2) is 4.79 Å². The predicted molar refractivity (Wildman–Crippen MR) is 42.2 cm³/mol. The van der Waals surface area contributed by atoms with Crippen molar-refractivity contribution in [2.45, 2.75) is 19.9 Å². The summed E-state index contributed by atoms with van der Waals surface area (Å²) in [7, 11) is 1.59. The predicted octanol–water partition coefficient (Wildman–Crippen LogP) is -0.426. The Kier molecular flexibility index (Phi) is 1.98. The number of nitrogens with zero attached hydrogens (tertiary/aromatic N) is 3. The first-order valence-electron chi connectivity index (χ1n) is 3.56. The van der Waals surface area contributed by atoms with Gasteiger partial charge in [-0.2, -0.15) is 0 Å². The van der Waals surface area contributed by atoms with Crippen LogP contribution < -0.4 is 11.4 Å². The van der Waals surface area contributed by atoms with Gasteiger partial charge >= 0.3 is 5.69 Å². The summed E-state index contributed by atoms with van der Waals surface area (Å²) in [6.45, 7) is 2.62. The summed E-state index contributed by atoms with van der Waals surface area (Å²) in [5.41, 5.74) is 5.31. The topological polar surface area (TPSA) is 65.8 Å². The summed E-state index contributed by atoms with van der Waals surface area (Å²) in [6.07, 6.45) is 0.885. The zero-order valence-electron chi connectivity index (χ0n) is 6.74. The lowest BCUT2D eigenvalue weighted by Crippen LogP contribution is -2.23. The van der Waals surface area contributed by atoms with E-state index in [0.29, 0.717) is 12.5 Å². The van der Waals surface area contributed by atoms with Crippen molar-refractivity contribution >= 4 is 5.95 Å². The maximum absolute atomic E-state index is 11.2. The average molecular weight is 156 g/mol. The van der Waals surface area contributed by atoms with Crippen molar-refractivity contribution in [3.8, 4) is 0 Å². The van der Waals surface area contributed by atoms with Crippen LogP contribution in [-0.4, -0.2) is 14.3 Å². The van der Waals surface area contributed by atoms with Crippen LogP contribution in [0.5, 0.6) is 0 Å². The van der Waals surface area contributed by atoms with Crippen LogP contribution in [0.1, 0.15) is 13.3 Å². The molecule has 5 heteroatoms. The van der Waals surface area contributed by atoms with Gasteiger partial charge in [0, 0.05) is 13.6 Å². The minimum absolute atomic E-state index is 0.149. The van der Waals surface area contributed by atoms with Gasteiger partial charge in [-0.05, 0) is 6.42 Å². The van der Waals surface area contributed by atoms with Crippen LogP contribution in [0.25, 0.3) is 0 Å². The lowest BCUT2D eigenvalue weighted by atomic mass is 10.5. The molecule has 62 valence electrons. The number of anilines is 1. The highest BCUT2D eigenvalue weighted by atomic mass is 16.2. The molecule has 11 heavy (non-hydrogen) atoms. The standard InChI is InChI=1S/C6H12N4O/c1-3-4-10-5(7)8-9(2)6(10)11/h3-4H2,1-2H3,(H2,7,8). The van der Waals surface area contributed by atoms with E-state index in [1.165, 1.54) is 9.25 Å². The molecule has 0 aliphatic rings. The highest BCUT2D eigenvalue weighted by molar-refractivity contribution is 5.13. The van der Waals surface area contributed by atoms with Gasteiger partial charge in [0.05, 0.1) is 0 Å². The van der Waals surface area contributed by atoms with Gasteiger partial charge in [0.1, 0.15) is 0 Å². The van der Waals surface area contributed by atoms with E-state index in [9.17, 15) is 4.79 Å². The van der Waals surface area contributed by atoms with Crippen molar-refractivity contribution in [1.82, 2.24) is 14.3 Å². The molecule has 0 saturated carbocycles. The number of nitrogens with two attached hydrogens (primary N) is 1. The van der Waals surface area contributed by atoms with Crippen LogP contribution in [0.2, 0.25) is 0 Å². The van der Waals surface area contributed by atoms with Gasteiger partial charge in [0.2, 0.25) is 5.95 Å². The molecule has 0 unspecified atom stereocenters. The third-order valence-electron chi connectivity index (χ3n) is 1.48. The highest BCUT2D eigenvalue weighted by Gasteiger charge is 2.04. The molecule has 0 aliphatic carbocycles. The Labute approximate surface area is 64.4 Å². The smallest absolute Gasteiger partial charge is 0.347 e. The van der Waals surface area contributed by atoms with Crippen molar-refractivity contribution in [2.24, 2.45) is 7.05 Å². The average Bonchev–Trinajstić information content (AvgIpc) is 2.17. The molecule has 0 aliphatic heterocycles. The largest absolute Gasteiger partial charge is 0.368 e. The van der Waals surface area contributed by atoms with E-state index in [4.69, 9.17) is 5.73 Å². The zero-order valence-corrected chi connectivity index (χ0v) is 6.74. The normalized spacial score (nSPS) is 10.4. The fraction of sp³-hybridized carbons (Fsp3) is 0.667. The van der Waals surface area contributed by atoms with E-state index in [-0.39, 0.29) is 5.69 Å². The fourth-order valence-corrected chi connectivity index (χ4v) is 0.957. The molecule has 0 spiro atoms. The van der Waals surface area contributed by atoms with Crippen molar-refractivity contribution in [3.05, 3.63) is 10.5 Å². The third-order valence-corrected chi connectivity index (χ3v) is 1.48. The number of aryl methyl sites for hydroxylation is 1. The fourth-order valence-electron chi connectivity index (χ4n) is 0.957. The summed E-state index contributed by atoms with van der Waals surface area (Å²) in [6, 6.07) is 0. The van der Waals surface area contributed by atoms with Gasteiger partial charge in [0.15, 0.2) is 0 Å². The minimum atomic E-state index is -0.149. The molecule has 0 aromatic carbocycles. The Morgan fingerprint density at radius 1 is 1.64 bits per heavy atom. The van der Waals surface area contributed by atoms with Crippen LogP contribution in [-0.2, 0) is 13.6 Å². The monoisotopic (exact) mass is 156 g/mol. The second-order valence-corrected chi connectivity index (χ2v) is 2.42. The molecule has 1 heterocycles. The minimum Gasteiger partial charge on any atom is -0.368 e. The van der Waals surface area contributed by atoms with E-state index in [2.05, 4.69) is 5.10 Å². The van der Waals surface area contributed by atoms with Gasteiger partial charge < -0.3 is 5.73 Å². The first kappa shape index (κ1) is 7.84. The Bertz CT molecular complexity index is 298. The van der Waals surface area contributed by atoms with Crippen molar-refractivity contribution < 1.29 is 0 Å². The van der Waals surface area contributed by atoms with Crippen molar-refractivity contribution in [3.63, 3.8) is 0 Å². The number of nitrogen functional groups attached to an aromatic ring is 1. The summed E-state index contributed by atoms with van der Waals surface area (Å²) >= 11 is 0. The third kappa shape index (κ3) is 1.26. The van der Waals surface area contributed by atoms with Crippen LogP contribution in [0, 0.1) is 0 Å². The van der Waals surface area contributed by atoms with E-state index < -0.39 is 0 Å². The van der Waals surface area contributed by atoms with Crippen LogP contribution in [0.4, 0.5) is 5.95 Å². The van der Waals surface area contributed by atoms with Crippen molar-refractivity contribution in [1.29, 1.82) is 0 Å². The summed E-state index contributed by atoms with van der Waals surface area (Å²) < 4.78 is 2.70. The Hall–Kier alpha value is -1.26. The molecule has 1 aromatic heterocycles. The molecule has 0 fully saturated rings. The maximum Gasteiger partial charge on any atom is 0.347 e. The Morgan fingerprint density at radius 3 is 2.64 bits per heavy atom. The molecule has 2 N–H and O–H groups in total. The molecule has 5 nitrogen and oxygen atoms in total. The lowest BCUT2D eigenvalue weighted by Gasteiger charge is -1.96. The lowest BCUT2D eigenvalue weighted by molar-refractivity contribution is 0.636. The van der Waals surface area contributed by atoms with Gasteiger partial charge in [0.25, 0.3) is 0 Å². The second-order valence-electron chi connectivity index (χ2n) is 2.42. The van der Waals surface area contributed by atoms with Crippen molar-refractivity contribution in [2.75, 3.05) is 5.73 Å². The molecule has 1 aromatic rings. The van der Waals surface area contributed by atoms with Gasteiger partial charge in [-0.1, -0.05) is 6.92 Å². The first-order valence-corrected chi connectivity index (χ1v) is 3.56. The van der Waals surface area contributed by atoms with Crippen LogP contribution >= 0.6 is 0 Å². The second kappa shape index (κ2) is 2.77. The molecular formula is C6H12N4O. The number of hydrogen-bond acceptors (Lipinski definition) is 3. The number of hydrogen-bond donors (Lipinski definition) is 1. The molecule has 0 amide bonds. The Balaban J connectivity index is 3.12. The summed E-state index contributed by atoms with van der Waals surface area (Å²) in [5, 5.41) is 3.77. The maximum atomic E-state index is 11.2. The molecule has 0 saturated heterocycles. The molecular weight excluding hydrogens is 144 g/mol. The SMILES string of the molecule is CCCn1c(N)nn(C)c1=O. The van der Waals surface area contributed by atoms with Gasteiger partial charge in [-0.15, -0.1) is 5.10 Å². The Morgan fingerprint density at radius 2 is 2.27 bits per heavy atom. The molecule has 0 radical (unpaired) electrons. The summed E-state index contributed by atoms with van der Waals surface area (Å²) in [4.78, 5) is 11.2. The van der Waals surface area contributed by atoms with E-state index >= 15 is 0 Å². The molecule has 0 bridgehead atoms. The highest BCUT2D eigenvalue weighted by Crippen LogP contribution is 1.93. The quantitative estimate of drug-likeness (QED) is 0.632. The number of aromatic nitrogens is 3. The first-order chi connectivity index (χ1) is 5.16. The van der Waals surface area contributed by atoms with Gasteiger partial charge in [-0.25, -0.2) is 9.48 Å². The van der Waals surface area contributed by atoms with Crippen LogP contribution in [0.3, 0.4) is 0 Å². The number of rotatable bonds is 2. The van der Waals surface area contributed by atoms with E-state index in [1.807, 2.05) is 6.92 Å². The van der Waals surface area contributed by atoms with E-state index in [0.717, 1.165) is 6.42 Å². The molecule has 0 atom stereocenters. The zero-order chi connectivity index (χ0) is 8.43. The summed E-state index contributed by atoms with van der Waals surface area (Å²) in [5.74, 6) is 0.291. The van der Waals surface area contributed by atoms with Gasteiger partial charge in [-0.3, -0.25) is 4.57 Å². The van der Waals surface area contributed by atoms with E-state index in [1.54, 1.807) is 7.05 Å². The molecule has 1 rings (SSSR count).